The number of benzene rings is 3. The number of aryl methyl sites for hydroxylation is 1. The number of halogens is 1. The highest BCUT2D eigenvalue weighted by Crippen LogP contribution is 2.27. The van der Waals surface area contributed by atoms with Crippen LogP contribution < -0.4 is 10.9 Å². The minimum Gasteiger partial charge on any atom is -0.300 e. The molecule has 0 aliphatic carbocycles. The van der Waals surface area contributed by atoms with Gasteiger partial charge >= 0.3 is 0 Å². The minimum atomic E-state index is 0.661. The van der Waals surface area contributed by atoms with Crippen LogP contribution in [0.5, 0.6) is 0 Å². The quantitative estimate of drug-likeness (QED) is 0.458. The Kier molecular flexibility index (Phi) is 4.42. The molecule has 26 heavy (non-hydrogen) atoms. The van der Waals surface area contributed by atoms with Gasteiger partial charge in [-0.2, -0.15) is 0 Å². The zero-order valence-corrected chi connectivity index (χ0v) is 15.0. The highest BCUT2D eigenvalue weighted by atomic mass is 35.5. The molecule has 0 atom stereocenters. The Morgan fingerprint density at radius 2 is 1.62 bits per heavy atom. The van der Waals surface area contributed by atoms with Crippen LogP contribution in [-0.2, 0) is 0 Å². The van der Waals surface area contributed by atoms with Crippen molar-refractivity contribution < 1.29 is 0 Å². The first kappa shape index (κ1) is 16.4. The van der Waals surface area contributed by atoms with Crippen LogP contribution in [0.15, 0.2) is 72.8 Å². The van der Waals surface area contributed by atoms with E-state index in [9.17, 15) is 0 Å². The van der Waals surface area contributed by atoms with Crippen molar-refractivity contribution in [1.82, 2.24) is 9.97 Å². The Morgan fingerprint density at radius 1 is 0.769 bits per heavy atom. The topological polar surface area (TPSA) is 49.8 Å². The summed E-state index contributed by atoms with van der Waals surface area (Å²) in [5.41, 5.74) is 11.8. The normalized spacial score (nSPS) is 10.7. The van der Waals surface area contributed by atoms with Gasteiger partial charge in [0.15, 0.2) is 5.82 Å². The van der Waals surface area contributed by atoms with Gasteiger partial charge in [-0.05, 0) is 42.8 Å². The van der Waals surface area contributed by atoms with E-state index >= 15 is 0 Å². The lowest BCUT2D eigenvalue weighted by Gasteiger charge is -2.14. The minimum absolute atomic E-state index is 0.661. The van der Waals surface area contributed by atoms with E-state index in [0.29, 0.717) is 10.8 Å². The number of hydrogen-bond acceptors (Lipinski definition) is 4. The molecule has 0 saturated carbocycles. The smallest absolute Gasteiger partial charge is 0.171 e. The fraction of sp³-hybridized carbons (Fsp3) is 0.0476. The number of nitrogens with one attached hydrogen (secondary N) is 2. The molecule has 0 unspecified atom stereocenters. The largest absolute Gasteiger partial charge is 0.300 e. The third-order valence-corrected chi connectivity index (χ3v) is 4.25. The van der Waals surface area contributed by atoms with Crippen molar-refractivity contribution >= 4 is 34.1 Å². The molecule has 2 N–H and O–H groups in total. The Morgan fingerprint density at radius 3 is 2.42 bits per heavy atom. The molecule has 0 spiro atoms. The molecule has 0 bridgehead atoms. The average molecular weight is 361 g/mol. The molecule has 0 amide bonds. The number of nitrogens with zero attached hydrogens (tertiary/aromatic N) is 2. The monoisotopic (exact) mass is 360 g/mol. The molecule has 0 fully saturated rings. The number of rotatable bonds is 4. The van der Waals surface area contributed by atoms with Crippen LogP contribution in [0.1, 0.15) is 5.56 Å². The predicted octanol–water partition coefficient (Wildman–Crippen LogP) is 5.70. The van der Waals surface area contributed by atoms with Crippen LogP contribution in [0.2, 0.25) is 5.02 Å². The Balaban J connectivity index is 1.77. The average Bonchev–Trinajstić information content (AvgIpc) is 2.66. The van der Waals surface area contributed by atoms with E-state index in [1.807, 2.05) is 79.7 Å². The van der Waals surface area contributed by atoms with Crippen molar-refractivity contribution in [2.75, 3.05) is 10.9 Å². The van der Waals surface area contributed by atoms with Crippen molar-refractivity contribution in [3.8, 4) is 11.3 Å². The third-order valence-electron chi connectivity index (χ3n) is 4.02. The molecule has 0 saturated heterocycles. The maximum Gasteiger partial charge on any atom is 0.171 e. The fourth-order valence-electron chi connectivity index (χ4n) is 2.75. The molecule has 0 aliphatic heterocycles. The van der Waals surface area contributed by atoms with Crippen LogP contribution in [-0.4, -0.2) is 9.97 Å². The van der Waals surface area contributed by atoms with Gasteiger partial charge in [0.05, 0.1) is 16.7 Å². The Bertz CT molecular complexity index is 1060. The zero-order valence-electron chi connectivity index (χ0n) is 14.2. The van der Waals surface area contributed by atoms with Crippen LogP contribution in [0.4, 0.5) is 11.5 Å². The second-order valence-corrected chi connectivity index (χ2v) is 6.48. The van der Waals surface area contributed by atoms with Crippen LogP contribution in [0, 0.1) is 6.92 Å². The first-order valence-corrected chi connectivity index (χ1v) is 8.68. The van der Waals surface area contributed by atoms with Gasteiger partial charge in [-0.25, -0.2) is 9.97 Å². The number of anilines is 2. The number of hydrazine groups is 1. The van der Waals surface area contributed by atoms with E-state index in [-0.39, 0.29) is 0 Å². The maximum absolute atomic E-state index is 6.05. The Hall–Kier alpha value is -3.11. The van der Waals surface area contributed by atoms with Crippen LogP contribution in [0.25, 0.3) is 22.3 Å². The third kappa shape index (κ3) is 3.46. The summed E-state index contributed by atoms with van der Waals surface area (Å²) >= 11 is 6.05. The summed E-state index contributed by atoms with van der Waals surface area (Å²) in [6.07, 6.45) is 0. The molecule has 5 heteroatoms. The summed E-state index contributed by atoms with van der Waals surface area (Å²) in [4.78, 5) is 9.61. The number of aromatic nitrogens is 2. The van der Waals surface area contributed by atoms with Crippen LogP contribution >= 0.6 is 11.6 Å². The van der Waals surface area contributed by atoms with Crippen molar-refractivity contribution in [3.63, 3.8) is 0 Å². The van der Waals surface area contributed by atoms with E-state index in [2.05, 4.69) is 10.9 Å². The predicted molar refractivity (Wildman–Crippen MR) is 108 cm³/mol. The first-order chi connectivity index (χ1) is 12.7. The van der Waals surface area contributed by atoms with Gasteiger partial charge in [0, 0.05) is 10.6 Å². The summed E-state index contributed by atoms with van der Waals surface area (Å²) in [6.45, 7) is 2.05. The summed E-state index contributed by atoms with van der Waals surface area (Å²) in [6, 6.07) is 23.6. The molecular formula is C21H17ClN4. The highest BCUT2D eigenvalue weighted by molar-refractivity contribution is 6.30. The van der Waals surface area contributed by atoms with Gasteiger partial charge in [0.1, 0.15) is 5.69 Å². The lowest BCUT2D eigenvalue weighted by Crippen LogP contribution is -2.12. The van der Waals surface area contributed by atoms with E-state index in [4.69, 9.17) is 21.6 Å². The summed E-state index contributed by atoms with van der Waals surface area (Å²) in [5.74, 6) is 0.661. The van der Waals surface area contributed by atoms with Gasteiger partial charge < -0.3 is 0 Å². The second kappa shape index (κ2) is 7.02. The van der Waals surface area contributed by atoms with Crippen molar-refractivity contribution in [2.45, 2.75) is 6.92 Å². The summed E-state index contributed by atoms with van der Waals surface area (Å²) in [7, 11) is 0. The SMILES string of the molecule is Cc1ccc2nc(-c3ccccc3)c(NNc3cccc(Cl)c3)nc2c1. The van der Waals surface area contributed by atoms with E-state index in [1.165, 1.54) is 0 Å². The lowest BCUT2D eigenvalue weighted by molar-refractivity contribution is 1.24. The first-order valence-electron chi connectivity index (χ1n) is 8.30. The molecule has 0 aliphatic rings. The van der Waals surface area contributed by atoms with Crippen molar-refractivity contribution in [2.24, 2.45) is 0 Å². The molecule has 3 aromatic carbocycles. The van der Waals surface area contributed by atoms with Crippen molar-refractivity contribution in [3.05, 3.63) is 83.4 Å². The van der Waals surface area contributed by atoms with Gasteiger partial charge in [0.25, 0.3) is 0 Å². The maximum atomic E-state index is 6.05. The van der Waals surface area contributed by atoms with Gasteiger partial charge in [-0.1, -0.05) is 54.1 Å². The molecule has 4 nitrogen and oxygen atoms in total. The zero-order chi connectivity index (χ0) is 17.9. The molecule has 128 valence electrons. The van der Waals surface area contributed by atoms with Gasteiger partial charge in [-0.15, -0.1) is 0 Å². The van der Waals surface area contributed by atoms with E-state index < -0.39 is 0 Å². The molecule has 0 radical (unpaired) electrons. The van der Waals surface area contributed by atoms with Gasteiger partial charge in [-0.3, -0.25) is 10.9 Å². The van der Waals surface area contributed by atoms with E-state index in [1.54, 1.807) is 0 Å². The number of fused-ring (bicyclic) bond motifs is 1. The second-order valence-electron chi connectivity index (χ2n) is 6.04. The summed E-state index contributed by atoms with van der Waals surface area (Å²) < 4.78 is 0. The van der Waals surface area contributed by atoms with Crippen LogP contribution in [0.3, 0.4) is 0 Å². The molecule has 4 rings (SSSR count). The van der Waals surface area contributed by atoms with Gasteiger partial charge in [0.2, 0.25) is 0 Å². The van der Waals surface area contributed by atoms with E-state index in [0.717, 1.165) is 33.5 Å². The standard InChI is InChI=1S/C21H17ClN4/c1-14-10-11-18-19(12-14)24-21(20(23-18)15-6-3-2-4-7-15)26-25-17-9-5-8-16(22)13-17/h2-13,25H,1H3,(H,24,26). The fourth-order valence-corrected chi connectivity index (χ4v) is 2.94. The highest BCUT2D eigenvalue weighted by Gasteiger charge is 2.11. The number of hydrogen-bond donors (Lipinski definition) is 2. The Labute approximate surface area is 156 Å². The molecule has 1 aromatic heterocycles. The molecular weight excluding hydrogens is 344 g/mol. The summed E-state index contributed by atoms with van der Waals surface area (Å²) in [5, 5.41) is 0.667. The van der Waals surface area contributed by atoms with Crippen molar-refractivity contribution in [1.29, 1.82) is 0 Å². The molecule has 4 aromatic rings. The molecule has 1 heterocycles. The lowest BCUT2D eigenvalue weighted by atomic mass is 10.1.